The number of aromatic nitrogens is 1. The van der Waals surface area contributed by atoms with Crippen LogP contribution in [0.15, 0.2) is 24.4 Å². The van der Waals surface area contributed by atoms with E-state index in [2.05, 4.69) is 4.98 Å². The van der Waals surface area contributed by atoms with E-state index in [1.165, 1.54) is 12.3 Å². The highest BCUT2D eigenvalue weighted by atomic mass is 16.4. The van der Waals surface area contributed by atoms with E-state index >= 15 is 0 Å². The van der Waals surface area contributed by atoms with Crippen LogP contribution in [0.3, 0.4) is 0 Å². The number of amides is 2. The van der Waals surface area contributed by atoms with E-state index in [9.17, 15) is 9.59 Å². The first-order valence-corrected chi connectivity index (χ1v) is 3.15. The Morgan fingerprint density at radius 2 is 2.17 bits per heavy atom. The van der Waals surface area contributed by atoms with E-state index in [0.717, 1.165) is 0 Å². The molecule has 5 heteroatoms. The SMILES string of the molecule is O=C(O)NC(=O)c1ccccn1. The van der Waals surface area contributed by atoms with E-state index in [0.29, 0.717) is 0 Å². The molecular weight excluding hydrogens is 160 g/mol. The van der Waals surface area contributed by atoms with Crippen LogP contribution in [0, 0.1) is 0 Å². The Balaban J connectivity index is 2.73. The zero-order valence-electron chi connectivity index (χ0n) is 6.02. The molecule has 0 fully saturated rings. The topological polar surface area (TPSA) is 79.3 Å². The molecule has 0 saturated carbocycles. The number of imide groups is 1. The predicted octanol–water partition coefficient (Wildman–Crippen LogP) is 0.489. The van der Waals surface area contributed by atoms with Gasteiger partial charge in [-0.3, -0.25) is 15.1 Å². The van der Waals surface area contributed by atoms with Crippen molar-refractivity contribution in [2.45, 2.75) is 0 Å². The maximum absolute atomic E-state index is 10.9. The van der Waals surface area contributed by atoms with Gasteiger partial charge in [0.05, 0.1) is 0 Å². The average molecular weight is 166 g/mol. The molecule has 1 rings (SSSR count). The minimum Gasteiger partial charge on any atom is -0.465 e. The Labute approximate surface area is 68.0 Å². The van der Waals surface area contributed by atoms with Crippen molar-refractivity contribution in [3.05, 3.63) is 30.1 Å². The third-order valence-electron chi connectivity index (χ3n) is 1.12. The third kappa shape index (κ3) is 2.05. The van der Waals surface area contributed by atoms with Gasteiger partial charge >= 0.3 is 6.09 Å². The molecule has 0 aliphatic heterocycles. The summed E-state index contributed by atoms with van der Waals surface area (Å²) in [5, 5.41) is 9.86. The number of rotatable bonds is 1. The first-order valence-electron chi connectivity index (χ1n) is 3.15. The van der Waals surface area contributed by atoms with Crippen molar-refractivity contribution in [3.63, 3.8) is 0 Å². The lowest BCUT2D eigenvalue weighted by molar-refractivity contribution is 0.0943. The van der Waals surface area contributed by atoms with Crippen LogP contribution in [0.1, 0.15) is 10.5 Å². The van der Waals surface area contributed by atoms with Crippen LogP contribution >= 0.6 is 0 Å². The van der Waals surface area contributed by atoms with Crippen LogP contribution < -0.4 is 5.32 Å². The Bertz CT molecular complexity index is 297. The lowest BCUT2D eigenvalue weighted by Gasteiger charge is -1.96. The zero-order valence-corrected chi connectivity index (χ0v) is 6.02. The molecule has 2 N–H and O–H groups in total. The van der Waals surface area contributed by atoms with Gasteiger partial charge in [-0.05, 0) is 12.1 Å². The summed E-state index contributed by atoms with van der Waals surface area (Å²) < 4.78 is 0. The molecule has 0 aliphatic carbocycles. The lowest BCUT2D eigenvalue weighted by Crippen LogP contribution is -2.29. The number of nitrogens with zero attached hydrogens (tertiary/aromatic N) is 1. The highest BCUT2D eigenvalue weighted by Crippen LogP contribution is 1.91. The highest BCUT2D eigenvalue weighted by Gasteiger charge is 2.08. The average Bonchev–Trinajstić information content (AvgIpc) is 2.05. The molecule has 2 amide bonds. The minimum atomic E-state index is -1.38. The van der Waals surface area contributed by atoms with Gasteiger partial charge in [-0.1, -0.05) is 6.07 Å². The molecule has 0 atom stereocenters. The summed E-state index contributed by atoms with van der Waals surface area (Å²) in [5.41, 5.74) is 0.0832. The van der Waals surface area contributed by atoms with E-state index in [-0.39, 0.29) is 5.69 Å². The van der Waals surface area contributed by atoms with Crippen LogP contribution in [0.4, 0.5) is 4.79 Å². The number of carbonyl (C=O) groups excluding carboxylic acids is 1. The Kier molecular flexibility index (Phi) is 2.37. The minimum absolute atomic E-state index is 0.0832. The van der Waals surface area contributed by atoms with Gasteiger partial charge < -0.3 is 5.11 Å². The van der Waals surface area contributed by atoms with Crippen LogP contribution in [-0.2, 0) is 0 Å². The Hall–Kier alpha value is -1.91. The first-order chi connectivity index (χ1) is 5.70. The third-order valence-corrected chi connectivity index (χ3v) is 1.12. The molecule has 0 aromatic carbocycles. The molecular formula is C7H6N2O3. The quantitative estimate of drug-likeness (QED) is 0.636. The van der Waals surface area contributed by atoms with Gasteiger partial charge in [-0.2, -0.15) is 0 Å². The van der Waals surface area contributed by atoms with Gasteiger partial charge in [-0.25, -0.2) is 4.79 Å². The van der Waals surface area contributed by atoms with Gasteiger partial charge in [-0.15, -0.1) is 0 Å². The second kappa shape index (κ2) is 3.47. The first kappa shape index (κ1) is 8.19. The summed E-state index contributed by atoms with van der Waals surface area (Å²) in [6.07, 6.45) is 0.0298. The van der Waals surface area contributed by atoms with Crippen molar-refractivity contribution in [2.75, 3.05) is 0 Å². The summed E-state index contributed by atoms with van der Waals surface area (Å²) in [5.74, 6) is -0.719. The van der Waals surface area contributed by atoms with Crippen molar-refractivity contribution < 1.29 is 14.7 Å². The fourth-order valence-electron chi connectivity index (χ4n) is 0.658. The number of hydrogen-bond donors (Lipinski definition) is 2. The molecule has 5 nitrogen and oxygen atoms in total. The number of carbonyl (C=O) groups is 2. The van der Waals surface area contributed by atoms with Crippen LogP contribution in [0.5, 0.6) is 0 Å². The molecule has 0 radical (unpaired) electrons. The van der Waals surface area contributed by atoms with Gasteiger partial charge in [0, 0.05) is 6.20 Å². The fourth-order valence-corrected chi connectivity index (χ4v) is 0.658. The van der Waals surface area contributed by atoms with Gasteiger partial charge in [0.1, 0.15) is 5.69 Å². The van der Waals surface area contributed by atoms with Crippen molar-refractivity contribution in [1.29, 1.82) is 0 Å². The molecule has 0 unspecified atom stereocenters. The maximum Gasteiger partial charge on any atom is 0.411 e. The summed E-state index contributed by atoms with van der Waals surface area (Å²) in [6, 6.07) is 4.67. The molecule has 1 aromatic heterocycles. The van der Waals surface area contributed by atoms with E-state index in [1.807, 2.05) is 0 Å². The molecule has 12 heavy (non-hydrogen) atoms. The summed E-state index contributed by atoms with van der Waals surface area (Å²) in [7, 11) is 0. The second-order valence-corrected chi connectivity index (χ2v) is 1.97. The largest absolute Gasteiger partial charge is 0.465 e. The van der Waals surface area contributed by atoms with Gasteiger partial charge in [0.2, 0.25) is 0 Å². The number of nitrogens with one attached hydrogen (secondary N) is 1. The molecule has 0 aliphatic rings. The fraction of sp³-hybridized carbons (Fsp3) is 0. The van der Waals surface area contributed by atoms with Gasteiger partial charge in [0.15, 0.2) is 0 Å². The summed E-state index contributed by atoms with van der Waals surface area (Å²) >= 11 is 0. The van der Waals surface area contributed by atoms with E-state index < -0.39 is 12.0 Å². The summed E-state index contributed by atoms with van der Waals surface area (Å²) in [6.45, 7) is 0. The van der Waals surface area contributed by atoms with Crippen molar-refractivity contribution in [3.8, 4) is 0 Å². The molecule has 0 saturated heterocycles. The smallest absolute Gasteiger partial charge is 0.411 e. The van der Waals surface area contributed by atoms with E-state index in [1.54, 1.807) is 17.4 Å². The van der Waals surface area contributed by atoms with Crippen molar-refractivity contribution >= 4 is 12.0 Å². The Morgan fingerprint density at radius 1 is 1.42 bits per heavy atom. The van der Waals surface area contributed by atoms with Crippen molar-refractivity contribution in [1.82, 2.24) is 10.3 Å². The van der Waals surface area contributed by atoms with Crippen LogP contribution in [-0.4, -0.2) is 22.1 Å². The normalized spacial score (nSPS) is 9.00. The second-order valence-electron chi connectivity index (χ2n) is 1.97. The Morgan fingerprint density at radius 3 is 2.67 bits per heavy atom. The molecule has 1 aromatic rings. The molecule has 0 bridgehead atoms. The zero-order chi connectivity index (χ0) is 8.97. The monoisotopic (exact) mass is 166 g/mol. The highest BCUT2D eigenvalue weighted by molar-refractivity contribution is 6.00. The van der Waals surface area contributed by atoms with Crippen molar-refractivity contribution in [2.24, 2.45) is 0 Å². The van der Waals surface area contributed by atoms with E-state index in [4.69, 9.17) is 5.11 Å². The van der Waals surface area contributed by atoms with Crippen LogP contribution in [0.25, 0.3) is 0 Å². The molecule has 0 spiro atoms. The van der Waals surface area contributed by atoms with Gasteiger partial charge in [0.25, 0.3) is 5.91 Å². The summed E-state index contributed by atoms with van der Waals surface area (Å²) in [4.78, 5) is 24.6. The van der Waals surface area contributed by atoms with Crippen LogP contribution in [0.2, 0.25) is 0 Å². The maximum atomic E-state index is 10.9. The number of carboxylic acid groups (broad SMARTS) is 1. The lowest BCUT2D eigenvalue weighted by atomic mass is 10.3. The number of pyridine rings is 1. The number of hydrogen-bond acceptors (Lipinski definition) is 3. The standard InChI is InChI=1S/C7H6N2O3/c10-6(9-7(11)12)5-3-1-2-4-8-5/h1-4H,(H,9,10)(H,11,12). The molecule has 1 heterocycles. The molecule has 62 valence electrons. The predicted molar refractivity (Wildman–Crippen MR) is 39.7 cm³/mol.